The van der Waals surface area contributed by atoms with Gasteiger partial charge in [-0.2, -0.15) is 0 Å². The van der Waals surface area contributed by atoms with Gasteiger partial charge in [-0.25, -0.2) is 0 Å². The summed E-state index contributed by atoms with van der Waals surface area (Å²) in [5, 5.41) is 3.23. The number of fused-ring (bicyclic) bond motifs is 1. The molecule has 4 rings (SSSR count). The summed E-state index contributed by atoms with van der Waals surface area (Å²) in [5.41, 5.74) is 1.00. The van der Waals surface area contributed by atoms with Crippen LogP contribution in [-0.2, 0) is 9.59 Å². The van der Waals surface area contributed by atoms with Gasteiger partial charge in [-0.1, -0.05) is 37.5 Å². The number of hydrogen-bond donors (Lipinski definition) is 1. The number of ether oxygens (including phenoxy) is 1. The lowest BCUT2D eigenvalue weighted by Crippen LogP contribution is -2.49. The number of nitrogens with one attached hydrogen (secondary N) is 1. The van der Waals surface area contributed by atoms with Crippen molar-refractivity contribution in [2.75, 3.05) is 19.7 Å². The Bertz CT molecular complexity index is 661. The molecule has 0 unspecified atom stereocenters. The van der Waals surface area contributed by atoms with E-state index in [0.29, 0.717) is 19.7 Å². The van der Waals surface area contributed by atoms with Crippen LogP contribution in [0, 0.1) is 5.92 Å². The summed E-state index contributed by atoms with van der Waals surface area (Å²) in [6.45, 7) is 1.87. The Kier molecular flexibility index (Phi) is 5.14. The van der Waals surface area contributed by atoms with Crippen LogP contribution in [0.5, 0.6) is 5.75 Å². The Balaban J connectivity index is 1.28. The van der Waals surface area contributed by atoms with Gasteiger partial charge in [-0.3, -0.25) is 9.59 Å². The summed E-state index contributed by atoms with van der Waals surface area (Å²) < 4.78 is 5.66. The van der Waals surface area contributed by atoms with Gasteiger partial charge < -0.3 is 15.0 Å². The SMILES string of the molecule is O=C(NC1CCN(C(=O)[C@@H]2COc3ccccc32)CC1)C1CCCCC1. The second-order valence-corrected chi connectivity index (χ2v) is 7.84. The molecule has 1 aliphatic carbocycles. The van der Waals surface area contributed by atoms with Crippen molar-refractivity contribution < 1.29 is 14.3 Å². The van der Waals surface area contributed by atoms with Gasteiger partial charge in [0.05, 0.1) is 0 Å². The maximum absolute atomic E-state index is 12.9. The van der Waals surface area contributed by atoms with E-state index < -0.39 is 0 Å². The number of para-hydroxylation sites is 1. The van der Waals surface area contributed by atoms with E-state index in [1.807, 2.05) is 29.2 Å². The molecule has 1 atom stereocenters. The van der Waals surface area contributed by atoms with Crippen LogP contribution in [0.1, 0.15) is 56.4 Å². The Morgan fingerprint density at radius 3 is 2.50 bits per heavy atom. The van der Waals surface area contributed by atoms with Crippen molar-refractivity contribution in [1.29, 1.82) is 0 Å². The Morgan fingerprint density at radius 1 is 1.00 bits per heavy atom. The summed E-state index contributed by atoms with van der Waals surface area (Å²) in [4.78, 5) is 27.3. The lowest BCUT2D eigenvalue weighted by atomic mass is 9.88. The minimum absolute atomic E-state index is 0.159. The predicted octanol–water partition coefficient (Wildman–Crippen LogP) is 2.85. The van der Waals surface area contributed by atoms with Gasteiger partial charge in [0, 0.05) is 30.6 Å². The van der Waals surface area contributed by atoms with Crippen LogP contribution in [0.25, 0.3) is 0 Å². The minimum Gasteiger partial charge on any atom is -0.492 e. The zero-order valence-corrected chi connectivity index (χ0v) is 15.3. The highest BCUT2D eigenvalue weighted by Gasteiger charge is 2.35. The summed E-state index contributed by atoms with van der Waals surface area (Å²) in [6, 6.07) is 8.02. The molecular weight excluding hydrogens is 328 g/mol. The standard InChI is InChI=1S/C21H28N2O3/c24-20(15-6-2-1-3-7-15)22-16-10-12-23(13-11-16)21(25)18-14-26-19-9-5-4-8-17(18)19/h4-5,8-9,15-16,18H,1-3,6-7,10-14H2,(H,22,24)/t18-/m1/s1. The van der Waals surface area contributed by atoms with Crippen LogP contribution in [0.2, 0.25) is 0 Å². The van der Waals surface area contributed by atoms with E-state index >= 15 is 0 Å². The number of likely N-dealkylation sites (tertiary alicyclic amines) is 1. The van der Waals surface area contributed by atoms with Crippen molar-refractivity contribution in [3.63, 3.8) is 0 Å². The third-order valence-corrected chi connectivity index (χ3v) is 6.13. The van der Waals surface area contributed by atoms with E-state index in [-0.39, 0.29) is 29.7 Å². The zero-order valence-electron chi connectivity index (χ0n) is 15.3. The number of carbonyl (C=O) groups excluding carboxylic acids is 2. The number of benzene rings is 1. The van der Waals surface area contributed by atoms with E-state index in [1.165, 1.54) is 19.3 Å². The number of nitrogens with zero attached hydrogens (tertiary/aromatic N) is 1. The fourth-order valence-electron chi connectivity index (χ4n) is 4.52. The van der Waals surface area contributed by atoms with E-state index in [1.54, 1.807) is 0 Å². The van der Waals surface area contributed by atoms with Gasteiger partial charge >= 0.3 is 0 Å². The molecule has 5 heteroatoms. The average molecular weight is 356 g/mol. The molecule has 3 aliphatic rings. The smallest absolute Gasteiger partial charge is 0.233 e. The van der Waals surface area contributed by atoms with E-state index in [2.05, 4.69) is 5.32 Å². The fourth-order valence-corrected chi connectivity index (χ4v) is 4.52. The highest BCUT2D eigenvalue weighted by atomic mass is 16.5. The fraction of sp³-hybridized carbons (Fsp3) is 0.619. The quantitative estimate of drug-likeness (QED) is 0.906. The van der Waals surface area contributed by atoms with Crippen LogP contribution in [0.3, 0.4) is 0 Å². The number of rotatable bonds is 3. The molecule has 0 radical (unpaired) electrons. The molecule has 2 aliphatic heterocycles. The first-order chi connectivity index (χ1) is 12.7. The Hall–Kier alpha value is -2.04. The number of piperidine rings is 1. The molecule has 1 saturated carbocycles. The van der Waals surface area contributed by atoms with Crippen LogP contribution in [0.15, 0.2) is 24.3 Å². The van der Waals surface area contributed by atoms with Gasteiger partial charge in [-0.15, -0.1) is 0 Å². The maximum atomic E-state index is 12.9. The van der Waals surface area contributed by atoms with Gasteiger partial charge in [0.1, 0.15) is 18.3 Å². The predicted molar refractivity (Wildman–Crippen MR) is 99.0 cm³/mol. The molecule has 2 heterocycles. The van der Waals surface area contributed by atoms with E-state index in [4.69, 9.17) is 4.74 Å². The highest BCUT2D eigenvalue weighted by Crippen LogP contribution is 2.35. The molecular formula is C21H28N2O3. The van der Waals surface area contributed by atoms with Crippen molar-refractivity contribution in [3.8, 4) is 5.75 Å². The lowest BCUT2D eigenvalue weighted by molar-refractivity contribution is -0.134. The van der Waals surface area contributed by atoms with Crippen LogP contribution in [0.4, 0.5) is 0 Å². The molecule has 0 spiro atoms. The van der Waals surface area contributed by atoms with Gasteiger partial charge in [-0.05, 0) is 31.7 Å². The molecule has 140 valence electrons. The molecule has 0 aromatic heterocycles. The molecule has 1 aromatic rings. The Morgan fingerprint density at radius 2 is 1.73 bits per heavy atom. The zero-order chi connectivity index (χ0) is 17.9. The molecule has 5 nitrogen and oxygen atoms in total. The van der Waals surface area contributed by atoms with E-state index in [9.17, 15) is 9.59 Å². The van der Waals surface area contributed by atoms with Crippen molar-refractivity contribution in [3.05, 3.63) is 29.8 Å². The normalized spacial score (nSPS) is 24.0. The summed E-state index contributed by atoms with van der Waals surface area (Å²) in [7, 11) is 0. The molecule has 1 saturated heterocycles. The summed E-state index contributed by atoms with van der Waals surface area (Å²) >= 11 is 0. The van der Waals surface area contributed by atoms with Crippen molar-refractivity contribution in [2.24, 2.45) is 5.92 Å². The number of hydrogen-bond acceptors (Lipinski definition) is 3. The lowest BCUT2D eigenvalue weighted by Gasteiger charge is -2.34. The molecule has 26 heavy (non-hydrogen) atoms. The van der Waals surface area contributed by atoms with Gasteiger partial charge in [0.15, 0.2) is 0 Å². The largest absolute Gasteiger partial charge is 0.492 e. The molecule has 2 fully saturated rings. The summed E-state index contributed by atoms with van der Waals surface area (Å²) in [6.07, 6.45) is 7.37. The molecule has 1 N–H and O–H groups in total. The first kappa shape index (κ1) is 17.4. The number of carbonyl (C=O) groups is 2. The van der Waals surface area contributed by atoms with Crippen molar-refractivity contribution in [2.45, 2.75) is 56.9 Å². The van der Waals surface area contributed by atoms with Crippen LogP contribution >= 0.6 is 0 Å². The topological polar surface area (TPSA) is 58.6 Å². The summed E-state index contributed by atoms with van der Waals surface area (Å²) in [5.74, 6) is 1.25. The van der Waals surface area contributed by atoms with Crippen LogP contribution in [-0.4, -0.2) is 42.5 Å². The van der Waals surface area contributed by atoms with Gasteiger partial charge in [0.25, 0.3) is 0 Å². The maximum Gasteiger partial charge on any atom is 0.233 e. The minimum atomic E-state index is -0.181. The monoisotopic (exact) mass is 356 g/mol. The van der Waals surface area contributed by atoms with Crippen LogP contribution < -0.4 is 10.1 Å². The third-order valence-electron chi connectivity index (χ3n) is 6.13. The first-order valence-electron chi connectivity index (χ1n) is 10.0. The van der Waals surface area contributed by atoms with Crippen molar-refractivity contribution in [1.82, 2.24) is 10.2 Å². The molecule has 1 aromatic carbocycles. The van der Waals surface area contributed by atoms with Gasteiger partial charge in [0.2, 0.25) is 11.8 Å². The number of amides is 2. The second kappa shape index (κ2) is 7.68. The highest BCUT2D eigenvalue weighted by molar-refractivity contribution is 5.85. The molecule has 2 amide bonds. The van der Waals surface area contributed by atoms with E-state index in [0.717, 1.165) is 37.0 Å². The third kappa shape index (κ3) is 3.57. The molecule has 0 bridgehead atoms. The first-order valence-corrected chi connectivity index (χ1v) is 10.0. The average Bonchev–Trinajstić information content (AvgIpc) is 3.13. The second-order valence-electron chi connectivity index (χ2n) is 7.84. The Labute approximate surface area is 155 Å². The van der Waals surface area contributed by atoms with Crippen molar-refractivity contribution >= 4 is 11.8 Å².